The molecule has 202 valence electrons. The minimum absolute atomic E-state index is 0.191. The second-order valence-electron chi connectivity index (χ2n) is 8.47. The molecule has 2 heterocycles. The van der Waals surface area contributed by atoms with Gasteiger partial charge < -0.3 is 14.2 Å². The van der Waals surface area contributed by atoms with Gasteiger partial charge in [0, 0.05) is 35.7 Å². The van der Waals surface area contributed by atoms with Gasteiger partial charge in [-0.15, -0.1) is 11.3 Å². The standard InChI is InChI=1S/C26H30N4O6S2/c1-4-36-25(31)18-10-12-30(13-11-18)38(32,33)22-7-5-6-19(14-22)23-17-37-26(28-23)29-27-16-20-8-9-21(34-2)15-24(20)35-3/h5-9,14-18H,4,10-13H2,1-3H3,(H,28,29)/b27-16-. The van der Waals surface area contributed by atoms with Crippen molar-refractivity contribution in [1.82, 2.24) is 9.29 Å². The number of piperidine rings is 1. The van der Waals surface area contributed by atoms with Gasteiger partial charge in [0.2, 0.25) is 15.2 Å². The summed E-state index contributed by atoms with van der Waals surface area (Å²) in [5, 5.41) is 6.64. The Bertz CT molecular complexity index is 1400. The Morgan fingerprint density at radius 1 is 1.18 bits per heavy atom. The monoisotopic (exact) mass is 558 g/mol. The van der Waals surface area contributed by atoms with E-state index in [2.05, 4.69) is 15.5 Å². The summed E-state index contributed by atoms with van der Waals surface area (Å²) in [4.78, 5) is 16.7. The van der Waals surface area contributed by atoms with Gasteiger partial charge >= 0.3 is 5.97 Å². The minimum atomic E-state index is -3.71. The first-order valence-corrected chi connectivity index (χ1v) is 14.4. The lowest BCUT2D eigenvalue weighted by Gasteiger charge is -2.30. The van der Waals surface area contributed by atoms with Crippen molar-refractivity contribution in [2.75, 3.05) is 39.3 Å². The molecule has 2 aromatic carbocycles. The number of benzene rings is 2. The van der Waals surface area contributed by atoms with E-state index in [9.17, 15) is 13.2 Å². The van der Waals surface area contributed by atoms with Gasteiger partial charge in [0.15, 0.2) is 0 Å². The van der Waals surface area contributed by atoms with E-state index in [1.54, 1.807) is 51.6 Å². The molecule has 0 amide bonds. The molecule has 12 heteroatoms. The third-order valence-electron chi connectivity index (χ3n) is 6.15. The predicted molar refractivity (Wildman–Crippen MR) is 146 cm³/mol. The minimum Gasteiger partial charge on any atom is -0.497 e. The predicted octanol–water partition coefficient (Wildman–Crippen LogP) is 4.24. The van der Waals surface area contributed by atoms with E-state index < -0.39 is 10.0 Å². The molecule has 0 bridgehead atoms. The van der Waals surface area contributed by atoms with Crippen molar-refractivity contribution in [2.24, 2.45) is 11.0 Å². The van der Waals surface area contributed by atoms with Crippen LogP contribution in [-0.2, 0) is 19.6 Å². The first kappa shape index (κ1) is 27.6. The first-order valence-electron chi connectivity index (χ1n) is 12.1. The number of hydrogen-bond donors (Lipinski definition) is 1. The van der Waals surface area contributed by atoms with Crippen LogP contribution in [0.15, 0.2) is 57.8 Å². The molecule has 0 spiro atoms. The van der Waals surface area contributed by atoms with Gasteiger partial charge in [0.25, 0.3) is 0 Å². The molecule has 0 radical (unpaired) electrons. The summed E-state index contributed by atoms with van der Waals surface area (Å²) >= 11 is 1.35. The van der Waals surface area contributed by atoms with E-state index in [4.69, 9.17) is 14.2 Å². The van der Waals surface area contributed by atoms with E-state index in [-0.39, 0.29) is 29.9 Å². The average molecular weight is 559 g/mol. The van der Waals surface area contributed by atoms with Gasteiger partial charge in [0.1, 0.15) is 11.5 Å². The molecule has 10 nitrogen and oxygen atoms in total. The van der Waals surface area contributed by atoms with Gasteiger partial charge in [0.05, 0.1) is 43.5 Å². The molecular formula is C26H30N4O6S2. The molecule has 0 unspecified atom stereocenters. The summed E-state index contributed by atoms with van der Waals surface area (Å²) in [5.41, 5.74) is 4.98. The number of nitrogens with zero attached hydrogens (tertiary/aromatic N) is 3. The number of carbonyl (C=O) groups is 1. The van der Waals surface area contributed by atoms with Crippen molar-refractivity contribution in [3.63, 3.8) is 0 Å². The summed E-state index contributed by atoms with van der Waals surface area (Å²) in [6, 6.07) is 12.1. The van der Waals surface area contributed by atoms with E-state index in [0.29, 0.717) is 47.3 Å². The van der Waals surface area contributed by atoms with Crippen LogP contribution in [0.3, 0.4) is 0 Å². The summed E-state index contributed by atoms with van der Waals surface area (Å²) in [6.07, 6.45) is 2.52. The van der Waals surface area contributed by atoms with Gasteiger partial charge in [-0.2, -0.15) is 9.41 Å². The molecule has 0 aliphatic carbocycles. The fraction of sp³-hybridized carbons (Fsp3) is 0.346. The number of esters is 1. The maximum absolute atomic E-state index is 13.3. The van der Waals surface area contributed by atoms with Crippen LogP contribution in [-0.4, -0.2) is 63.8 Å². The largest absolute Gasteiger partial charge is 0.497 e. The molecule has 4 rings (SSSR count). The van der Waals surface area contributed by atoms with Crippen molar-refractivity contribution in [3.05, 3.63) is 53.4 Å². The second-order valence-corrected chi connectivity index (χ2v) is 11.3. The Morgan fingerprint density at radius 3 is 2.68 bits per heavy atom. The number of methoxy groups -OCH3 is 2. The number of ether oxygens (including phenoxy) is 3. The topological polar surface area (TPSA) is 119 Å². The van der Waals surface area contributed by atoms with Gasteiger partial charge in [-0.3, -0.25) is 10.2 Å². The van der Waals surface area contributed by atoms with Crippen LogP contribution in [0.2, 0.25) is 0 Å². The van der Waals surface area contributed by atoms with Crippen LogP contribution in [0, 0.1) is 5.92 Å². The van der Waals surface area contributed by atoms with E-state index in [0.717, 1.165) is 5.56 Å². The highest BCUT2D eigenvalue weighted by molar-refractivity contribution is 7.89. The number of carbonyl (C=O) groups excluding carboxylic acids is 1. The fourth-order valence-electron chi connectivity index (χ4n) is 4.10. The summed E-state index contributed by atoms with van der Waals surface area (Å²) < 4.78 is 43.7. The third kappa shape index (κ3) is 6.32. The molecule has 1 aliphatic heterocycles. The van der Waals surface area contributed by atoms with Crippen molar-refractivity contribution in [3.8, 4) is 22.8 Å². The summed E-state index contributed by atoms with van der Waals surface area (Å²) in [7, 11) is -0.542. The Morgan fingerprint density at radius 2 is 1.97 bits per heavy atom. The molecule has 1 saturated heterocycles. The van der Waals surface area contributed by atoms with Crippen molar-refractivity contribution >= 4 is 38.7 Å². The molecular weight excluding hydrogens is 528 g/mol. The zero-order chi connectivity index (χ0) is 27.1. The van der Waals surface area contributed by atoms with Crippen LogP contribution in [0.5, 0.6) is 11.5 Å². The van der Waals surface area contributed by atoms with Crippen LogP contribution in [0.4, 0.5) is 5.13 Å². The molecule has 38 heavy (non-hydrogen) atoms. The van der Waals surface area contributed by atoms with Crippen LogP contribution >= 0.6 is 11.3 Å². The highest BCUT2D eigenvalue weighted by atomic mass is 32.2. The van der Waals surface area contributed by atoms with Crippen LogP contribution in [0.25, 0.3) is 11.3 Å². The second kappa shape index (κ2) is 12.4. The quantitative estimate of drug-likeness (QED) is 0.223. The van der Waals surface area contributed by atoms with E-state index in [1.807, 2.05) is 23.6 Å². The lowest BCUT2D eigenvalue weighted by atomic mass is 9.98. The number of hydrogen-bond acceptors (Lipinski definition) is 10. The van der Waals surface area contributed by atoms with Gasteiger partial charge in [-0.05, 0) is 44.0 Å². The Labute approximate surface area is 226 Å². The first-order chi connectivity index (χ1) is 18.3. The average Bonchev–Trinajstić information content (AvgIpc) is 3.42. The maximum Gasteiger partial charge on any atom is 0.309 e. The van der Waals surface area contributed by atoms with Crippen LogP contribution < -0.4 is 14.9 Å². The number of nitrogens with one attached hydrogen (secondary N) is 1. The fourth-order valence-corrected chi connectivity index (χ4v) is 6.28. The Hall–Kier alpha value is -3.48. The summed E-state index contributed by atoms with van der Waals surface area (Å²) in [5.74, 6) is 0.786. The Kier molecular flexibility index (Phi) is 8.97. The van der Waals surface area contributed by atoms with Crippen molar-refractivity contribution < 1.29 is 27.4 Å². The Balaban J connectivity index is 1.43. The number of anilines is 1. The molecule has 1 aliphatic rings. The number of aromatic nitrogens is 1. The molecule has 3 aromatic rings. The molecule has 1 aromatic heterocycles. The van der Waals surface area contributed by atoms with Gasteiger partial charge in [-0.25, -0.2) is 13.4 Å². The van der Waals surface area contributed by atoms with Crippen molar-refractivity contribution in [2.45, 2.75) is 24.7 Å². The summed E-state index contributed by atoms with van der Waals surface area (Å²) in [6.45, 7) is 2.64. The maximum atomic E-state index is 13.3. The van der Waals surface area contributed by atoms with E-state index >= 15 is 0 Å². The smallest absolute Gasteiger partial charge is 0.309 e. The zero-order valence-electron chi connectivity index (χ0n) is 21.4. The highest BCUT2D eigenvalue weighted by Crippen LogP contribution is 2.30. The molecule has 0 atom stereocenters. The van der Waals surface area contributed by atoms with Crippen LogP contribution in [0.1, 0.15) is 25.3 Å². The molecule has 0 saturated carbocycles. The van der Waals surface area contributed by atoms with E-state index in [1.165, 1.54) is 15.6 Å². The van der Waals surface area contributed by atoms with Gasteiger partial charge in [-0.1, -0.05) is 12.1 Å². The lowest BCUT2D eigenvalue weighted by molar-refractivity contribution is -0.149. The number of hydrazone groups is 1. The highest BCUT2D eigenvalue weighted by Gasteiger charge is 2.32. The molecule has 1 N–H and O–H groups in total. The SMILES string of the molecule is CCOC(=O)C1CCN(S(=O)(=O)c2cccc(-c3csc(N/N=C\c4ccc(OC)cc4OC)n3)c2)CC1. The normalized spacial score (nSPS) is 14.9. The lowest BCUT2D eigenvalue weighted by Crippen LogP contribution is -2.40. The number of sulfonamides is 1. The third-order valence-corrected chi connectivity index (χ3v) is 8.79. The number of rotatable bonds is 10. The molecule has 1 fully saturated rings. The zero-order valence-corrected chi connectivity index (χ0v) is 23.0. The number of thiazole rings is 1. The van der Waals surface area contributed by atoms with Crippen molar-refractivity contribution in [1.29, 1.82) is 0 Å².